The zero-order valence-electron chi connectivity index (χ0n) is 18.1. The zero-order valence-corrected chi connectivity index (χ0v) is 18.1. The molecule has 3 rings (SSSR count). The third-order valence-corrected chi connectivity index (χ3v) is 5.70. The van der Waals surface area contributed by atoms with E-state index in [1.165, 1.54) is 19.3 Å². The van der Waals surface area contributed by atoms with Crippen LogP contribution in [0.2, 0.25) is 0 Å². The third-order valence-electron chi connectivity index (χ3n) is 5.70. The van der Waals surface area contributed by atoms with Crippen molar-refractivity contribution in [2.24, 2.45) is 4.99 Å². The van der Waals surface area contributed by atoms with E-state index in [2.05, 4.69) is 20.9 Å². The van der Waals surface area contributed by atoms with Crippen LogP contribution in [0.4, 0.5) is 5.69 Å². The Labute approximate surface area is 179 Å². The lowest BCUT2D eigenvalue weighted by Gasteiger charge is -2.22. The lowest BCUT2D eigenvalue weighted by atomic mass is 9.95. The number of carbonyl (C=O) groups is 2. The molecule has 30 heavy (non-hydrogen) atoms. The molecular formula is C23H35N5O2. The summed E-state index contributed by atoms with van der Waals surface area (Å²) in [5.74, 6) is 1.02. The van der Waals surface area contributed by atoms with E-state index in [-0.39, 0.29) is 11.8 Å². The van der Waals surface area contributed by atoms with E-state index >= 15 is 0 Å². The number of anilines is 1. The molecule has 1 aromatic rings. The summed E-state index contributed by atoms with van der Waals surface area (Å²) in [6.45, 7) is 4.68. The van der Waals surface area contributed by atoms with Crippen LogP contribution < -0.4 is 20.9 Å². The number of amides is 2. The zero-order chi connectivity index (χ0) is 21.2. The van der Waals surface area contributed by atoms with Gasteiger partial charge in [0.05, 0.1) is 6.54 Å². The van der Waals surface area contributed by atoms with Crippen LogP contribution in [0.15, 0.2) is 29.3 Å². The second-order valence-corrected chi connectivity index (χ2v) is 8.09. The fraction of sp³-hybridized carbons (Fsp3) is 0.609. The Morgan fingerprint density at radius 1 is 1.10 bits per heavy atom. The molecule has 164 valence electrons. The van der Waals surface area contributed by atoms with Gasteiger partial charge in [-0.15, -0.1) is 0 Å². The highest BCUT2D eigenvalue weighted by molar-refractivity contribution is 5.95. The monoisotopic (exact) mass is 413 g/mol. The summed E-state index contributed by atoms with van der Waals surface area (Å²) in [5.41, 5.74) is 2.04. The molecule has 7 heteroatoms. The molecule has 0 aromatic heterocycles. The van der Waals surface area contributed by atoms with Crippen LogP contribution in [-0.2, 0) is 16.1 Å². The number of nitrogens with zero attached hydrogens (tertiary/aromatic N) is 2. The van der Waals surface area contributed by atoms with Crippen LogP contribution in [0, 0.1) is 0 Å². The minimum Gasteiger partial charge on any atom is -0.357 e. The van der Waals surface area contributed by atoms with Gasteiger partial charge in [0.1, 0.15) is 0 Å². The molecule has 1 aliphatic heterocycles. The summed E-state index contributed by atoms with van der Waals surface area (Å²) in [6, 6.07) is 8.37. The molecule has 0 unspecified atom stereocenters. The number of aliphatic imine (C=N–C) groups is 1. The van der Waals surface area contributed by atoms with Crippen LogP contribution in [0.5, 0.6) is 0 Å². The second kappa shape index (κ2) is 11.6. The Bertz CT molecular complexity index is 726. The molecule has 1 saturated heterocycles. The topological polar surface area (TPSA) is 85.8 Å². The van der Waals surface area contributed by atoms with Gasteiger partial charge in [-0.3, -0.25) is 9.59 Å². The summed E-state index contributed by atoms with van der Waals surface area (Å²) in [7, 11) is 0. The maximum absolute atomic E-state index is 12.2. The van der Waals surface area contributed by atoms with Crippen LogP contribution in [0.25, 0.3) is 0 Å². The van der Waals surface area contributed by atoms with Crippen molar-refractivity contribution in [1.82, 2.24) is 16.0 Å². The summed E-state index contributed by atoms with van der Waals surface area (Å²) < 4.78 is 0. The van der Waals surface area contributed by atoms with Gasteiger partial charge in [-0.25, -0.2) is 4.99 Å². The standard InChI is InChI=1S/C23H35N5O2/c1-2-24-23(25-15-14-21(29)27-19-7-4-3-5-8-19)26-17-18-10-12-20(13-11-18)28-16-6-9-22(28)30/h10-13,19H,2-9,14-17H2,1H3,(H,27,29)(H2,24,25,26). The third kappa shape index (κ3) is 6.75. The smallest absolute Gasteiger partial charge is 0.227 e. The van der Waals surface area contributed by atoms with Crippen molar-refractivity contribution in [1.29, 1.82) is 0 Å². The van der Waals surface area contributed by atoms with Gasteiger partial charge < -0.3 is 20.9 Å². The molecule has 0 spiro atoms. The largest absolute Gasteiger partial charge is 0.357 e. The molecule has 2 aliphatic rings. The number of hydrogen-bond acceptors (Lipinski definition) is 3. The number of hydrogen-bond donors (Lipinski definition) is 3. The van der Waals surface area contributed by atoms with Crippen molar-refractivity contribution in [2.45, 2.75) is 70.9 Å². The van der Waals surface area contributed by atoms with Crippen LogP contribution in [0.1, 0.15) is 63.9 Å². The Kier molecular flexibility index (Phi) is 8.53. The van der Waals surface area contributed by atoms with Crippen molar-refractivity contribution in [3.8, 4) is 0 Å². The molecule has 7 nitrogen and oxygen atoms in total. The minimum atomic E-state index is 0.109. The molecule has 1 aliphatic carbocycles. The normalized spacial score (nSPS) is 17.8. The summed E-state index contributed by atoms with van der Waals surface area (Å²) in [4.78, 5) is 30.5. The SMILES string of the molecule is CCNC(=NCc1ccc(N2CCCC2=O)cc1)NCCC(=O)NC1CCCCC1. The van der Waals surface area contributed by atoms with E-state index in [9.17, 15) is 9.59 Å². The van der Waals surface area contributed by atoms with E-state index in [0.717, 1.165) is 43.6 Å². The summed E-state index contributed by atoms with van der Waals surface area (Å²) >= 11 is 0. The number of carbonyl (C=O) groups excluding carboxylic acids is 2. The maximum atomic E-state index is 12.2. The molecule has 1 aromatic carbocycles. The van der Waals surface area contributed by atoms with Crippen LogP contribution in [0.3, 0.4) is 0 Å². The fourth-order valence-corrected chi connectivity index (χ4v) is 4.06. The second-order valence-electron chi connectivity index (χ2n) is 8.09. The predicted molar refractivity (Wildman–Crippen MR) is 120 cm³/mol. The van der Waals surface area contributed by atoms with E-state index in [4.69, 9.17) is 0 Å². The minimum absolute atomic E-state index is 0.109. The van der Waals surface area contributed by atoms with E-state index < -0.39 is 0 Å². The lowest BCUT2D eigenvalue weighted by Crippen LogP contribution is -2.41. The van der Waals surface area contributed by atoms with Crippen LogP contribution in [-0.4, -0.2) is 43.5 Å². The Morgan fingerprint density at radius 3 is 2.53 bits per heavy atom. The van der Waals surface area contributed by atoms with E-state index in [0.29, 0.717) is 37.9 Å². The number of guanidine groups is 1. The number of rotatable bonds is 8. The predicted octanol–water partition coefficient (Wildman–Crippen LogP) is 2.71. The average Bonchev–Trinajstić information content (AvgIpc) is 3.19. The first-order valence-electron chi connectivity index (χ1n) is 11.4. The highest BCUT2D eigenvalue weighted by Crippen LogP contribution is 2.21. The number of benzene rings is 1. The molecular weight excluding hydrogens is 378 g/mol. The van der Waals surface area contributed by atoms with E-state index in [1.54, 1.807) is 0 Å². The fourth-order valence-electron chi connectivity index (χ4n) is 4.06. The molecule has 3 N–H and O–H groups in total. The Balaban J connectivity index is 1.44. The van der Waals surface area contributed by atoms with Gasteiger partial charge in [-0.05, 0) is 43.9 Å². The van der Waals surface area contributed by atoms with Crippen molar-refractivity contribution in [3.05, 3.63) is 29.8 Å². The van der Waals surface area contributed by atoms with Gasteiger partial charge in [0.2, 0.25) is 11.8 Å². The van der Waals surface area contributed by atoms with Gasteiger partial charge in [0, 0.05) is 44.2 Å². The molecule has 0 atom stereocenters. The van der Waals surface area contributed by atoms with Crippen molar-refractivity contribution in [3.63, 3.8) is 0 Å². The van der Waals surface area contributed by atoms with Gasteiger partial charge in [-0.2, -0.15) is 0 Å². The van der Waals surface area contributed by atoms with Crippen molar-refractivity contribution >= 4 is 23.5 Å². The lowest BCUT2D eigenvalue weighted by molar-refractivity contribution is -0.122. The first-order chi connectivity index (χ1) is 14.7. The molecule has 0 radical (unpaired) electrons. The summed E-state index contributed by atoms with van der Waals surface area (Å²) in [6.07, 6.45) is 7.95. The molecule has 1 saturated carbocycles. The molecule has 1 heterocycles. The first-order valence-corrected chi connectivity index (χ1v) is 11.4. The molecule has 2 amide bonds. The van der Waals surface area contributed by atoms with Gasteiger partial charge in [0.25, 0.3) is 0 Å². The Hall–Kier alpha value is -2.57. The average molecular weight is 414 g/mol. The van der Waals surface area contributed by atoms with Crippen molar-refractivity contribution < 1.29 is 9.59 Å². The van der Waals surface area contributed by atoms with Crippen molar-refractivity contribution in [2.75, 3.05) is 24.5 Å². The van der Waals surface area contributed by atoms with Gasteiger partial charge >= 0.3 is 0 Å². The number of nitrogens with one attached hydrogen (secondary N) is 3. The van der Waals surface area contributed by atoms with Crippen LogP contribution >= 0.6 is 0 Å². The highest BCUT2D eigenvalue weighted by Gasteiger charge is 2.21. The molecule has 2 fully saturated rings. The van der Waals surface area contributed by atoms with Gasteiger partial charge in [-0.1, -0.05) is 31.4 Å². The van der Waals surface area contributed by atoms with E-state index in [1.807, 2.05) is 36.1 Å². The quantitative estimate of drug-likeness (QED) is 0.452. The molecule has 0 bridgehead atoms. The Morgan fingerprint density at radius 2 is 1.87 bits per heavy atom. The summed E-state index contributed by atoms with van der Waals surface area (Å²) in [5, 5.41) is 9.62. The van der Waals surface area contributed by atoms with Gasteiger partial charge in [0.15, 0.2) is 5.96 Å². The first kappa shape index (κ1) is 22.1. The highest BCUT2D eigenvalue weighted by atomic mass is 16.2. The maximum Gasteiger partial charge on any atom is 0.227 e.